The van der Waals surface area contributed by atoms with E-state index in [0.717, 1.165) is 5.92 Å². The Morgan fingerprint density at radius 2 is 2.25 bits per heavy atom. The lowest BCUT2D eigenvalue weighted by Gasteiger charge is -2.31. The van der Waals surface area contributed by atoms with Gasteiger partial charge in [0.1, 0.15) is 0 Å². The van der Waals surface area contributed by atoms with E-state index < -0.39 is 0 Å². The van der Waals surface area contributed by atoms with Crippen LogP contribution in [0.1, 0.15) is 35.4 Å². The maximum atomic E-state index is 5.75. The summed E-state index contributed by atoms with van der Waals surface area (Å²) in [5.41, 5.74) is 5.75. The van der Waals surface area contributed by atoms with Gasteiger partial charge >= 0.3 is 0 Å². The third-order valence-electron chi connectivity index (χ3n) is 2.61. The highest BCUT2D eigenvalue weighted by molar-refractivity contribution is 7.12. The molecule has 2 heteroatoms. The van der Waals surface area contributed by atoms with Crippen molar-refractivity contribution in [3.8, 4) is 0 Å². The highest BCUT2D eigenvalue weighted by atomic mass is 32.1. The Labute approximate surface area is 77.6 Å². The fourth-order valence-electron chi connectivity index (χ4n) is 1.70. The van der Waals surface area contributed by atoms with Gasteiger partial charge in [0.15, 0.2) is 0 Å². The van der Waals surface area contributed by atoms with Crippen LogP contribution in [0, 0.1) is 0 Å². The highest BCUT2D eigenvalue weighted by Gasteiger charge is 2.28. The first-order chi connectivity index (χ1) is 5.79. The molecule has 1 aromatic rings. The second-order valence-electron chi connectivity index (χ2n) is 3.59. The van der Waals surface area contributed by atoms with Crippen molar-refractivity contribution < 1.29 is 0 Å². The Balaban J connectivity index is 2.04. The van der Waals surface area contributed by atoms with Crippen LogP contribution in [0.25, 0.3) is 0 Å². The van der Waals surface area contributed by atoms with E-state index in [1.165, 1.54) is 24.1 Å². The molecule has 1 aliphatic carbocycles. The Kier molecular flexibility index (Phi) is 2.20. The number of thiophene rings is 1. The molecule has 66 valence electrons. The third kappa shape index (κ3) is 1.41. The minimum Gasteiger partial charge on any atom is -0.328 e. The molecule has 0 aromatic carbocycles. The Bertz CT molecular complexity index is 261. The SMILES string of the molecule is CCc1ccc(C2CC(N)C2)s1. The second kappa shape index (κ2) is 3.19. The molecule has 1 saturated carbocycles. The summed E-state index contributed by atoms with van der Waals surface area (Å²) in [5.74, 6) is 0.783. The van der Waals surface area contributed by atoms with Gasteiger partial charge in [0.25, 0.3) is 0 Å². The van der Waals surface area contributed by atoms with Crippen LogP contribution in [-0.2, 0) is 6.42 Å². The van der Waals surface area contributed by atoms with Gasteiger partial charge in [-0.25, -0.2) is 0 Å². The lowest BCUT2D eigenvalue weighted by molar-refractivity contribution is 0.356. The normalized spacial score (nSPS) is 28.5. The molecule has 1 heterocycles. The van der Waals surface area contributed by atoms with Crippen molar-refractivity contribution in [2.45, 2.75) is 38.1 Å². The monoisotopic (exact) mass is 181 g/mol. The summed E-state index contributed by atoms with van der Waals surface area (Å²) in [5, 5.41) is 0. The first-order valence-corrected chi connectivity index (χ1v) is 5.45. The second-order valence-corrected chi connectivity index (χ2v) is 4.79. The summed E-state index contributed by atoms with van der Waals surface area (Å²) in [6.45, 7) is 2.21. The van der Waals surface area contributed by atoms with Gasteiger partial charge in [-0.1, -0.05) is 6.92 Å². The van der Waals surface area contributed by atoms with E-state index in [1.54, 1.807) is 4.88 Å². The zero-order valence-electron chi connectivity index (χ0n) is 7.42. The van der Waals surface area contributed by atoms with Crippen molar-refractivity contribution in [3.63, 3.8) is 0 Å². The van der Waals surface area contributed by atoms with Gasteiger partial charge < -0.3 is 5.73 Å². The molecule has 2 rings (SSSR count). The van der Waals surface area contributed by atoms with Crippen LogP contribution in [0.3, 0.4) is 0 Å². The fourth-order valence-corrected chi connectivity index (χ4v) is 2.78. The number of hydrogen-bond donors (Lipinski definition) is 1. The largest absolute Gasteiger partial charge is 0.328 e. The Hall–Kier alpha value is -0.340. The summed E-state index contributed by atoms with van der Waals surface area (Å²) >= 11 is 1.96. The van der Waals surface area contributed by atoms with Crippen LogP contribution >= 0.6 is 11.3 Å². The number of hydrogen-bond acceptors (Lipinski definition) is 2. The molecule has 0 saturated heterocycles. The molecule has 2 N–H and O–H groups in total. The van der Waals surface area contributed by atoms with Crippen LogP contribution < -0.4 is 5.73 Å². The molecule has 1 fully saturated rings. The van der Waals surface area contributed by atoms with Crippen molar-refractivity contribution in [1.82, 2.24) is 0 Å². The fraction of sp³-hybridized carbons (Fsp3) is 0.600. The molecule has 0 aliphatic heterocycles. The van der Waals surface area contributed by atoms with Crippen molar-refractivity contribution >= 4 is 11.3 Å². The average molecular weight is 181 g/mol. The molecular weight excluding hydrogens is 166 g/mol. The molecule has 0 atom stereocenters. The lowest BCUT2D eigenvalue weighted by Crippen LogP contribution is -2.34. The first kappa shape index (κ1) is 8.27. The predicted molar refractivity (Wildman–Crippen MR) is 53.6 cm³/mol. The van der Waals surface area contributed by atoms with E-state index in [1.807, 2.05) is 11.3 Å². The van der Waals surface area contributed by atoms with Gasteiger partial charge in [0.05, 0.1) is 0 Å². The van der Waals surface area contributed by atoms with Crippen LogP contribution in [0.15, 0.2) is 12.1 Å². The van der Waals surface area contributed by atoms with Crippen LogP contribution in [-0.4, -0.2) is 6.04 Å². The quantitative estimate of drug-likeness (QED) is 0.745. The van der Waals surface area contributed by atoms with Crippen molar-refractivity contribution in [2.75, 3.05) is 0 Å². The molecule has 1 aliphatic rings. The van der Waals surface area contributed by atoms with Crippen LogP contribution in [0.4, 0.5) is 0 Å². The van der Waals surface area contributed by atoms with E-state index in [2.05, 4.69) is 19.1 Å². The molecule has 0 unspecified atom stereocenters. The van der Waals surface area contributed by atoms with E-state index in [9.17, 15) is 0 Å². The summed E-state index contributed by atoms with van der Waals surface area (Å²) in [7, 11) is 0. The molecule has 12 heavy (non-hydrogen) atoms. The van der Waals surface area contributed by atoms with Gasteiger partial charge in [-0.3, -0.25) is 0 Å². The number of nitrogens with two attached hydrogens (primary N) is 1. The lowest BCUT2D eigenvalue weighted by atomic mass is 9.80. The standard InChI is InChI=1S/C10H15NS/c1-2-9-3-4-10(12-9)7-5-8(11)6-7/h3-4,7-8H,2,5-6,11H2,1H3. The molecular formula is C10H15NS. The van der Waals surface area contributed by atoms with Crippen molar-refractivity contribution in [3.05, 3.63) is 21.9 Å². The summed E-state index contributed by atoms with van der Waals surface area (Å²) in [6.07, 6.45) is 3.57. The molecule has 0 radical (unpaired) electrons. The van der Waals surface area contributed by atoms with Gasteiger partial charge in [-0.2, -0.15) is 0 Å². The third-order valence-corrected chi connectivity index (χ3v) is 4.00. The highest BCUT2D eigenvalue weighted by Crippen LogP contribution is 2.39. The minimum absolute atomic E-state index is 0.474. The zero-order chi connectivity index (χ0) is 8.55. The summed E-state index contributed by atoms with van der Waals surface area (Å²) in [4.78, 5) is 3.05. The Morgan fingerprint density at radius 3 is 2.75 bits per heavy atom. The number of rotatable bonds is 2. The van der Waals surface area contributed by atoms with E-state index in [4.69, 9.17) is 5.73 Å². The molecule has 1 aromatic heterocycles. The number of aryl methyl sites for hydroxylation is 1. The Morgan fingerprint density at radius 1 is 1.50 bits per heavy atom. The van der Waals surface area contributed by atoms with Gasteiger partial charge in [0, 0.05) is 15.8 Å². The molecule has 1 nitrogen and oxygen atoms in total. The zero-order valence-corrected chi connectivity index (χ0v) is 8.23. The molecule has 0 spiro atoms. The van der Waals surface area contributed by atoms with E-state index >= 15 is 0 Å². The first-order valence-electron chi connectivity index (χ1n) is 4.63. The van der Waals surface area contributed by atoms with E-state index in [0.29, 0.717) is 6.04 Å². The van der Waals surface area contributed by atoms with Crippen molar-refractivity contribution in [2.24, 2.45) is 5.73 Å². The average Bonchev–Trinajstić information content (AvgIpc) is 2.46. The maximum Gasteiger partial charge on any atom is 0.00803 e. The van der Waals surface area contributed by atoms with Crippen molar-refractivity contribution in [1.29, 1.82) is 0 Å². The predicted octanol–water partition coefficient (Wildman–Crippen LogP) is 2.52. The smallest absolute Gasteiger partial charge is 0.00803 e. The topological polar surface area (TPSA) is 26.0 Å². The van der Waals surface area contributed by atoms with Gasteiger partial charge in [0.2, 0.25) is 0 Å². The summed E-state index contributed by atoms with van der Waals surface area (Å²) < 4.78 is 0. The van der Waals surface area contributed by atoms with E-state index in [-0.39, 0.29) is 0 Å². The van der Waals surface area contributed by atoms with Gasteiger partial charge in [-0.15, -0.1) is 11.3 Å². The molecule has 0 bridgehead atoms. The molecule has 0 amide bonds. The summed E-state index contributed by atoms with van der Waals surface area (Å²) in [6, 6.07) is 5.01. The van der Waals surface area contributed by atoms with Crippen LogP contribution in [0.5, 0.6) is 0 Å². The van der Waals surface area contributed by atoms with Crippen LogP contribution in [0.2, 0.25) is 0 Å². The van der Waals surface area contributed by atoms with Gasteiger partial charge in [-0.05, 0) is 37.3 Å². The minimum atomic E-state index is 0.474. The maximum absolute atomic E-state index is 5.75.